The summed E-state index contributed by atoms with van der Waals surface area (Å²) in [6.07, 6.45) is 10.7. The molecular weight excluding hydrogens is 632 g/mol. The molecule has 2 fully saturated rings. The van der Waals surface area contributed by atoms with E-state index in [0.717, 1.165) is 78.2 Å². The standard InChI is InChI=1S/C40H56N4O6/c1-30(2)8-5-9-31(3)10-6-11-32(4)14-15-44-35-28-33(45)29-37(50-27-21-43-18-24-48-25-19-43)39(35)41-38-34(40(44)46)12-7-13-36(38)49-26-20-42-16-22-47-23-17-42/h7-8,10,12-14,28-29,41,45H,5-6,9,11,15-27H2,1-4H3/b31-10+,32-14+. The van der Waals surface area contributed by atoms with Gasteiger partial charge in [-0.05, 0) is 65.5 Å². The molecule has 10 heteroatoms. The lowest BCUT2D eigenvalue weighted by Crippen LogP contribution is -2.38. The number of anilines is 3. The Hall–Kier alpha value is -3.83. The van der Waals surface area contributed by atoms with E-state index in [0.29, 0.717) is 67.1 Å². The molecule has 3 aliphatic heterocycles. The second-order valence-electron chi connectivity index (χ2n) is 13.6. The molecule has 5 rings (SSSR count). The van der Waals surface area contributed by atoms with Crippen LogP contribution in [0.15, 0.2) is 65.3 Å². The van der Waals surface area contributed by atoms with Crippen molar-refractivity contribution in [1.29, 1.82) is 0 Å². The third-order valence-electron chi connectivity index (χ3n) is 9.39. The molecule has 0 radical (unpaired) electrons. The summed E-state index contributed by atoms with van der Waals surface area (Å²) >= 11 is 0. The molecule has 0 aliphatic carbocycles. The molecule has 2 saturated heterocycles. The number of carbonyl (C=O) groups excluding carboxylic acids is 1. The minimum atomic E-state index is -0.172. The average molecular weight is 689 g/mol. The molecular formula is C40H56N4O6. The molecule has 0 aromatic heterocycles. The highest BCUT2D eigenvalue weighted by Crippen LogP contribution is 2.46. The van der Waals surface area contributed by atoms with E-state index in [2.05, 4.69) is 61.0 Å². The zero-order valence-corrected chi connectivity index (χ0v) is 30.5. The van der Waals surface area contributed by atoms with Crippen molar-refractivity contribution in [2.75, 3.05) is 95.7 Å². The van der Waals surface area contributed by atoms with Crippen molar-refractivity contribution >= 4 is 23.0 Å². The number of nitrogens with zero attached hydrogens (tertiary/aromatic N) is 3. The van der Waals surface area contributed by atoms with Gasteiger partial charge in [0.25, 0.3) is 5.91 Å². The fraction of sp³-hybridized carbons (Fsp3) is 0.525. The van der Waals surface area contributed by atoms with E-state index in [-0.39, 0.29) is 11.7 Å². The van der Waals surface area contributed by atoms with Gasteiger partial charge in [-0.15, -0.1) is 0 Å². The predicted octanol–water partition coefficient (Wildman–Crippen LogP) is 6.94. The minimum absolute atomic E-state index is 0.0343. The third-order valence-corrected chi connectivity index (χ3v) is 9.39. The summed E-state index contributed by atoms with van der Waals surface area (Å²) in [7, 11) is 0. The maximum absolute atomic E-state index is 14.4. The van der Waals surface area contributed by atoms with Crippen molar-refractivity contribution in [1.82, 2.24) is 9.80 Å². The minimum Gasteiger partial charge on any atom is -0.508 e. The summed E-state index contributed by atoms with van der Waals surface area (Å²) in [6.45, 7) is 17.7. The van der Waals surface area contributed by atoms with Gasteiger partial charge in [-0.3, -0.25) is 14.6 Å². The number of aromatic hydroxyl groups is 1. The second-order valence-corrected chi connectivity index (χ2v) is 13.6. The van der Waals surface area contributed by atoms with Crippen LogP contribution in [0.1, 0.15) is 63.7 Å². The fourth-order valence-electron chi connectivity index (χ4n) is 6.36. The fourth-order valence-corrected chi connectivity index (χ4v) is 6.36. The first-order chi connectivity index (χ1) is 24.3. The Morgan fingerprint density at radius 2 is 1.40 bits per heavy atom. The molecule has 10 nitrogen and oxygen atoms in total. The van der Waals surface area contributed by atoms with Gasteiger partial charge in [-0.2, -0.15) is 0 Å². The molecule has 0 spiro atoms. The van der Waals surface area contributed by atoms with Gasteiger partial charge < -0.3 is 34.3 Å². The van der Waals surface area contributed by atoms with Gasteiger partial charge in [-0.1, -0.05) is 41.0 Å². The van der Waals surface area contributed by atoms with Gasteiger partial charge in [0.2, 0.25) is 0 Å². The van der Waals surface area contributed by atoms with Crippen LogP contribution in [-0.4, -0.2) is 106 Å². The lowest BCUT2D eigenvalue weighted by molar-refractivity contribution is 0.0322. The molecule has 1 amide bonds. The highest BCUT2D eigenvalue weighted by Gasteiger charge is 2.31. The van der Waals surface area contributed by atoms with E-state index in [1.165, 1.54) is 16.7 Å². The highest BCUT2D eigenvalue weighted by molar-refractivity contribution is 6.15. The Balaban J connectivity index is 1.37. The van der Waals surface area contributed by atoms with Crippen LogP contribution in [0, 0.1) is 0 Å². The van der Waals surface area contributed by atoms with Crippen LogP contribution < -0.4 is 19.7 Å². The smallest absolute Gasteiger partial charge is 0.260 e. The molecule has 272 valence electrons. The molecule has 3 aliphatic rings. The van der Waals surface area contributed by atoms with Gasteiger partial charge in [0.15, 0.2) is 0 Å². The maximum atomic E-state index is 14.4. The number of hydrogen-bond donors (Lipinski definition) is 2. The number of morpholine rings is 2. The first-order valence-electron chi connectivity index (χ1n) is 18.2. The van der Waals surface area contributed by atoms with Crippen LogP contribution in [0.4, 0.5) is 17.1 Å². The van der Waals surface area contributed by atoms with Crippen LogP contribution >= 0.6 is 0 Å². The number of ether oxygens (including phenoxy) is 4. The Bertz CT molecular complexity index is 1520. The number of hydrogen-bond acceptors (Lipinski definition) is 9. The van der Waals surface area contributed by atoms with Crippen LogP contribution in [-0.2, 0) is 9.47 Å². The first-order valence-corrected chi connectivity index (χ1v) is 18.2. The first kappa shape index (κ1) is 37.4. The quantitative estimate of drug-likeness (QED) is 0.144. The third kappa shape index (κ3) is 10.8. The maximum Gasteiger partial charge on any atom is 0.260 e. The largest absolute Gasteiger partial charge is 0.508 e. The SMILES string of the molecule is CC(C)=CCC/C(C)=C/CC/C(C)=C/CN1C(=O)c2cccc(OCCN3CCOCC3)c2Nc2c(OCCN3CCOCC3)cc(O)cc21. The van der Waals surface area contributed by atoms with Gasteiger partial charge in [0.1, 0.15) is 36.1 Å². The normalized spacial score (nSPS) is 17.4. The van der Waals surface area contributed by atoms with Crippen LogP contribution in [0.25, 0.3) is 0 Å². The number of fused-ring (bicyclic) bond motifs is 2. The molecule has 0 unspecified atom stereocenters. The Morgan fingerprint density at radius 3 is 2.04 bits per heavy atom. The number of nitrogens with one attached hydrogen (secondary N) is 1. The summed E-state index contributed by atoms with van der Waals surface area (Å²) in [5.41, 5.74) is 6.24. The number of phenols is 1. The number of rotatable bonds is 16. The number of phenolic OH excluding ortho intramolecular Hbond substituents is 1. The summed E-state index contributed by atoms with van der Waals surface area (Å²) in [5.74, 6) is 0.945. The van der Waals surface area contributed by atoms with E-state index in [4.69, 9.17) is 18.9 Å². The molecule has 0 bridgehead atoms. The van der Waals surface area contributed by atoms with Crippen molar-refractivity contribution in [3.63, 3.8) is 0 Å². The lowest BCUT2D eigenvalue weighted by atomic mass is 10.1. The zero-order valence-electron chi connectivity index (χ0n) is 30.5. The summed E-state index contributed by atoms with van der Waals surface area (Å²) in [4.78, 5) is 20.8. The number of para-hydroxylation sites is 1. The van der Waals surface area contributed by atoms with Crippen molar-refractivity contribution < 1.29 is 28.8 Å². The zero-order chi connectivity index (χ0) is 35.3. The molecule has 2 aromatic rings. The molecule has 0 saturated carbocycles. The van der Waals surface area contributed by atoms with E-state index < -0.39 is 0 Å². The molecule has 3 heterocycles. The molecule has 2 aromatic carbocycles. The van der Waals surface area contributed by atoms with Gasteiger partial charge in [-0.25, -0.2) is 0 Å². The average Bonchev–Trinajstić information content (AvgIpc) is 3.22. The van der Waals surface area contributed by atoms with E-state index in [9.17, 15) is 9.90 Å². The van der Waals surface area contributed by atoms with Crippen LogP contribution in [0.3, 0.4) is 0 Å². The summed E-state index contributed by atoms with van der Waals surface area (Å²) in [6, 6.07) is 8.85. The van der Waals surface area contributed by atoms with Crippen molar-refractivity contribution in [3.05, 3.63) is 70.8 Å². The van der Waals surface area contributed by atoms with Crippen molar-refractivity contribution in [2.45, 2.75) is 53.4 Å². The summed E-state index contributed by atoms with van der Waals surface area (Å²) in [5, 5.41) is 14.5. The second kappa shape index (κ2) is 19.0. The van der Waals surface area contributed by atoms with Crippen LogP contribution in [0.5, 0.6) is 17.2 Å². The van der Waals surface area contributed by atoms with Crippen LogP contribution in [0.2, 0.25) is 0 Å². The van der Waals surface area contributed by atoms with E-state index in [1.54, 1.807) is 17.0 Å². The van der Waals surface area contributed by atoms with Crippen molar-refractivity contribution in [2.24, 2.45) is 0 Å². The van der Waals surface area contributed by atoms with E-state index >= 15 is 0 Å². The Kier molecular flexibility index (Phi) is 14.2. The summed E-state index contributed by atoms with van der Waals surface area (Å²) < 4.78 is 23.7. The van der Waals surface area contributed by atoms with Gasteiger partial charge in [0, 0.05) is 57.9 Å². The monoisotopic (exact) mass is 688 g/mol. The number of allylic oxidation sites excluding steroid dienone is 5. The lowest BCUT2D eigenvalue weighted by Gasteiger charge is -2.27. The Labute approximate surface area is 298 Å². The number of amides is 1. The van der Waals surface area contributed by atoms with Crippen molar-refractivity contribution in [3.8, 4) is 17.2 Å². The number of benzene rings is 2. The Morgan fingerprint density at radius 1 is 0.800 bits per heavy atom. The predicted molar refractivity (Wildman–Crippen MR) is 200 cm³/mol. The van der Waals surface area contributed by atoms with E-state index in [1.807, 2.05) is 18.2 Å². The molecule has 2 N–H and O–H groups in total. The number of carbonyl (C=O) groups is 1. The topological polar surface area (TPSA) is 96.0 Å². The highest BCUT2D eigenvalue weighted by atomic mass is 16.5. The molecule has 50 heavy (non-hydrogen) atoms. The molecule has 0 atom stereocenters. The van der Waals surface area contributed by atoms with Gasteiger partial charge in [0.05, 0.1) is 43.4 Å². The van der Waals surface area contributed by atoms with Gasteiger partial charge >= 0.3 is 0 Å².